The van der Waals surface area contributed by atoms with Crippen molar-refractivity contribution >= 4 is 22.7 Å². The molecular formula is C14H19N3S2. The fourth-order valence-electron chi connectivity index (χ4n) is 2.54. The Labute approximate surface area is 122 Å². The summed E-state index contributed by atoms with van der Waals surface area (Å²) in [5.74, 6) is 0. The fraction of sp³-hybridized carbons (Fsp3) is 0.500. The summed E-state index contributed by atoms with van der Waals surface area (Å²) in [6, 6.07) is 4.21. The quantitative estimate of drug-likeness (QED) is 0.942. The Kier molecular flexibility index (Phi) is 3.71. The molecule has 0 bridgehead atoms. The number of nitrogens with two attached hydrogens (primary N) is 1. The average molecular weight is 293 g/mol. The number of thiazole rings is 1. The minimum Gasteiger partial charge on any atom is -0.330 e. The molecular weight excluding hydrogens is 274 g/mol. The molecule has 19 heavy (non-hydrogen) atoms. The van der Waals surface area contributed by atoms with Gasteiger partial charge in [-0.15, -0.1) is 22.7 Å². The fourth-order valence-corrected chi connectivity index (χ4v) is 4.30. The van der Waals surface area contributed by atoms with Gasteiger partial charge in [-0.3, -0.25) is 4.90 Å². The molecule has 2 aromatic heterocycles. The molecule has 1 aliphatic heterocycles. The van der Waals surface area contributed by atoms with E-state index in [9.17, 15) is 0 Å². The van der Waals surface area contributed by atoms with E-state index < -0.39 is 0 Å². The zero-order valence-electron chi connectivity index (χ0n) is 11.1. The standard InChI is InChI=1S/C14H19N3S2/c1-14(9-15)4-5-17(10-14)8-11-7-16-13(19-11)12-3-2-6-18-12/h2-3,6-7H,4-5,8-10,15H2,1H3. The second kappa shape index (κ2) is 5.32. The maximum absolute atomic E-state index is 5.86. The third-order valence-corrected chi connectivity index (χ3v) is 5.82. The number of likely N-dealkylation sites (tertiary alicyclic amines) is 1. The maximum atomic E-state index is 5.86. The lowest BCUT2D eigenvalue weighted by atomic mass is 9.90. The molecule has 0 aromatic carbocycles. The molecule has 3 heterocycles. The summed E-state index contributed by atoms with van der Waals surface area (Å²) < 4.78 is 0. The van der Waals surface area contributed by atoms with Crippen molar-refractivity contribution in [1.29, 1.82) is 0 Å². The predicted octanol–water partition coefficient (Wildman–Crippen LogP) is 3.04. The SMILES string of the molecule is CC1(CN)CCN(Cc2cnc(-c3cccs3)s2)C1. The largest absolute Gasteiger partial charge is 0.330 e. The predicted molar refractivity (Wildman–Crippen MR) is 82.5 cm³/mol. The number of rotatable bonds is 4. The van der Waals surface area contributed by atoms with Gasteiger partial charge in [0, 0.05) is 24.2 Å². The van der Waals surface area contributed by atoms with Gasteiger partial charge < -0.3 is 5.73 Å². The van der Waals surface area contributed by atoms with Gasteiger partial charge in [-0.1, -0.05) is 13.0 Å². The van der Waals surface area contributed by atoms with Gasteiger partial charge in [-0.05, 0) is 36.4 Å². The Morgan fingerprint density at radius 3 is 3.11 bits per heavy atom. The van der Waals surface area contributed by atoms with Crippen molar-refractivity contribution in [3.63, 3.8) is 0 Å². The van der Waals surface area contributed by atoms with Crippen molar-refractivity contribution in [2.75, 3.05) is 19.6 Å². The molecule has 1 fully saturated rings. The molecule has 1 unspecified atom stereocenters. The van der Waals surface area contributed by atoms with E-state index in [2.05, 4.69) is 34.3 Å². The van der Waals surface area contributed by atoms with E-state index in [0.29, 0.717) is 5.41 Å². The highest BCUT2D eigenvalue weighted by Gasteiger charge is 2.32. The van der Waals surface area contributed by atoms with Crippen LogP contribution in [0.3, 0.4) is 0 Å². The van der Waals surface area contributed by atoms with Crippen LogP contribution in [-0.2, 0) is 6.54 Å². The first-order chi connectivity index (χ1) is 9.18. The number of nitrogens with zero attached hydrogens (tertiary/aromatic N) is 2. The van der Waals surface area contributed by atoms with Crippen molar-refractivity contribution < 1.29 is 0 Å². The van der Waals surface area contributed by atoms with Crippen LogP contribution in [0.15, 0.2) is 23.7 Å². The van der Waals surface area contributed by atoms with E-state index in [4.69, 9.17) is 5.73 Å². The third kappa shape index (κ3) is 2.89. The van der Waals surface area contributed by atoms with Gasteiger partial charge in [0.25, 0.3) is 0 Å². The summed E-state index contributed by atoms with van der Waals surface area (Å²) in [4.78, 5) is 9.65. The summed E-state index contributed by atoms with van der Waals surface area (Å²) in [6.45, 7) is 6.34. The van der Waals surface area contributed by atoms with E-state index in [-0.39, 0.29) is 0 Å². The number of hydrogen-bond acceptors (Lipinski definition) is 5. The second-order valence-corrected chi connectivity index (χ2v) is 7.65. The lowest BCUT2D eigenvalue weighted by Crippen LogP contribution is -2.30. The summed E-state index contributed by atoms with van der Waals surface area (Å²) in [7, 11) is 0. The molecule has 0 radical (unpaired) electrons. The highest BCUT2D eigenvalue weighted by Crippen LogP contribution is 2.32. The van der Waals surface area contributed by atoms with E-state index in [1.165, 1.54) is 16.2 Å². The topological polar surface area (TPSA) is 42.1 Å². The van der Waals surface area contributed by atoms with E-state index in [0.717, 1.165) is 31.2 Å². The summed E-state index contributed by atoms with van der Waals surface area (Å²) in [6.07, 6.45) is 3.23. The van der Waals surface area contributed by atoms with Gasteiger partial charge in [0.15, 0.2) is 0 Å². The first-order valence-corrected chi connectivity index (χ1v) is 8.29. The van der Waals surface area contributed by atoms with Crippen LogP contribution in [0.4, 0.5) is 0 Å². The van der Waals surface area contributed by atoms with Crippen molar-refractivity contribution in [2.45, 2.75) is 19.9 Å². The molecule has 1 aliphatic rings. The number of aromatic nitrogens is 1. The maximum Gasteiger partial charge on any atom is 0.133 e. The molecule has 102 valence electrons. The average Bonchev–Trinajstić information content (AvgIpc) is 3.11. The van der Waals surface area contributed by atoms with Crippen LogP contribution in [0.1, 0.15) is 18.2 Å². The van der Waals surface area contributed by atoms with Crippen molar-refractivity contribution in [3.8, 4) is 9.88 Å². The normalized spacial score (nSPS) is 24.1. The Morgan fingerprint density at radius 2 is 2.42 bits per heavy atom. The van der Waals surface area contributed by atoms with E-state index in [1.54, 1.807) is 11.3 Å². The molecule has 0 spiro atoms. The summed E-state index contributed by atoms with van der Waals surface area (Å²) in [5, 5.41) is 3.25. The Morgan fingerprint density at radius 1 is 1.53 bits per heavy atom. The van der Waals surface area contributed by atoms with Crippen molar-refractivity contribution in [1.82, 2.24) is 9.88 Å². The van der Waals surface area contributed by atoms with Crippen LogP contribution < -0.4 is 5.73 Å². The molecule has 0 aliphatic carbocycles. The van der Waals surface area contributed by atoms with Crippen molar-refractivity contribution in [3.05, 3.63) is 28.6 Å². The lowest BCUT2D eigenvalue weighted by Gasteiger charge is -2.22. The molecule has 2 aromatic rings. The first kappa shape index (κ1) is 13.2. The number of hydrogen-bond donors (Lipinski definition) is 1. The van der Waals surface area contributed by atoms with Gasteiger partial charge >= 0.3 is 0 Å². The van der Waals surface area contributed by atoms with Crippen molar-refractivity contribution in [2.24, 2.45) is 11.1 Å². The smallest absolute Gasteiger partial charge is 0.133 e. The minimum atomic E-state index is 0.307. The van der Waals surface area contributed by atoms with Crippen LogP contribution in [0.2, 0.25) is 0 Å². The van der Waals surface area contributed by atoms with E-state index in [1.807, 2.05) is 17.5 Å². The highest BCUT2D eigenvalue weighted by molar-refractivity contribution is 7.20. The first-order valence-electron chi connectivity index (χ1n) is 6.60. The number of thiophene rings is 1. The van der Waals surface area contributed by atoms with Gasteiger partial charge in [-0.2, -0.15) is 0 Å². The van der Waals surface area contributed by atoms with Crippen LogP contribution in [-0.4, -0.2) is 29.5 Å². The lowest BCUT2D eigenvalue weighted by molar-refractivity contribution is 0.276. The van der Waals surface area contributed by atoms with E-state index >= 15 is 0 Å². The zero-order chi connectivity index (χ0) is 13.3. The van der Waals surface area contributed by atoms with Gasteiger partial charge in [0.1, 0.15) is 5.01 Å². The summed E-state index contributed by atoms with van der Waals surface area (Å²) in [5.41, 5.74) is 6.16. The molecule has 5 heteroatoms. The van der Waals surface area contributed by atoms with Crippen LogP contribution >= 0.6 is 22.7 Å². The monoisotopic (exact) mass is 293 g/mol. The molecule has 1 saturated heterocycles. The highest BCUT2D eigenvalue weighted by atomic mass is 32.1. The Hall–Kier alpha value is -0.750. The Balaban J connectivity index is 1.65. The van der Waals surface area contributed by atoms with Gasteiger partial charge in [0.2, 0.25) is 0 Å². The molecule has 0 amide bonds. The van der Waals surface area contributed by atoms with Gasteiger partial charge in [-0.25, -0.2) is 4.98 Å². The van der Waals surface area contributed by atoms with Gasteiger partial charge in [0.05, 0.1) is 4.88 Å². The Bertz CT molecular complexity index is 535. The van der Waals surface area contributed by atoms with Crippen LogP contribution in [0, 0.1) is 5.41 Å². The van der Waals surface area contributed by atoms with Crippen LogP contribution in [0.5, 0.6) is 0 Å². The molecule has 0 saturated carbocycles. The molecule has 2 N–H and O–H groups in total. The zero-order valence-corrected chi connectivity index (χ0v) is 12.8. The summed E-state index contributed by atoms with van der Waals surface area (Å²) >= 11 is 3.56. The molecule has 3 rings (SSSR count). The van der Waals surface area contributed by atoms with Crippen LogP contribution in [0.25, 0.3) is 9.88 Å². The molecule has 3 nitrogen and oxygen atoms in total. The minimum absolute atomic E-state index is 0.307. The third-order valence-electron chi connectivity index (χ3n) is 3.79. The second-order valence-electron chi connectivity index (χ2n) is 5.58. The molecule has 1 atom stereocenters.